The summed E-state index contributed by atoms with van der Waals surface area (Å²) < 4.78 is 0.177. The lowest BCUT2D eigenvalue weighted by Gasteiger charge is -2.07. The molecule has 0 spiro atoms. The first-order valence-corrected chi connectivity index (χ1v) is 7.83. The molecule has 6 nitrogen and oxygen atoms in total. The summed E-state index contributed by atoms with van der Waals surface area (Å²) in [6.07, 6.45) is 1.20. The van der Waals surface area contributed by atoms with Crippen LogP contribution in [-0.2, 0) is 0 Å². The normalized spacial score (nSPS) is 11.0. The highest BCUT2D eigenvalue weighted by Gasteiger charge is 2.14. The van der Waals surface area contributed by atoms with Crippen molar-refractivity contribution in [3.05, 3.63) is 59.5 Å². The molecule has 0 saturated carbocycles. The van der Waals surface area contributed by atoms with Gasteiger partial charge >= 0.3 is 0 Å². The fourth-order valence-electron chi connectivity index (χ4n) is 1.62. The van der Waals surface area contributed by atoms with Crippen molar-refractivity contribution in [2.45, 2.75) is 0 Å². The number of benzene rings is 2. The number of aromatic hydroxyl groups is 1. The summed E-state index contributed by atoms with van der Waals surface area (Å²) in [5.74, 6) is -0.186. The van der Waals surface area contributed by atoms with Gasteiger partial charge < -0.3 is 5.11 Å². The SMILES string of the molecule is O=[N+]([O-])c1cc(Br)c(O)c(C=NNc2c(Cl)cc(Cl)cc2Cl)c1. The molecular weight excluding hydrogens is 432 g/mol. The van der Waals surface area contributed by atoms with E-state index in [2.05, 4.69) is 26.5 Å². The molecule has 0 aliphatic carbocycles. The van der Waals surface area contributed by atoms with Gasteiger partial charge in [-0.3, -0.25) is 15.5 Å². The monoisotopic (exact) mass is 437 g/mol. The molecule has 0 aromatic heterocycles. The van der Waals surface area contributed by atoms with Crippen LogP contribution in [0.15, 0.2) is 33.8 Å². The first-order valence-electron chi connectivity index (χ1n) is 5.90. The first-order chi connectivity index (χ1) is 10.8. The number of hydrogen-bond acceptors (Lipinski definition) is 5. The largest absolute Gasteiger partial charge is 0.506 e. The highest BCUT2D eigenvalue weighted by atomic mass is 79.9. The molecular formula is C13H7BrCl3N3O3. The van der Waals surface area contributed by atoms with Crippen molar-refractivity contribution in [1.29, 1.82) is 0 Å². The number of phenols is 1. The van der Waals surface area contributed by atoms with Crippen molar-refractivity contribution in [3.8, 4) is 5.75 Å². The molecule has 0 heterocycles. The van der Waals surface area contributed by atoms with Gasteiger partial charge in [0.25, 0.3) is 5.69 Å². The topological polar surface area (TPSA) is 87.8 Å². The average molecular weight is 439 g/mol. The second kappa shape index (κ2) is 7.35. The number of hydrazone groups is 1. The molecule has 0 unspecified atom stereocenters. The first kappa shape index (κ1) is 17.8. The van der Waals surface area contributed by atoms with E-state index in [4.69, 9.17) is 34.8 Å². The van der Waals surface area contributed by atoms with Gasteiger partial charge in [0, 0.05) is 22.7 Å². The maximum atomic E-state index is 10.8. The minimum atomic E-state index is -0.581. The van der Waals surface area contributed by atoms with Crippen LogP contribution in [-0.4, -0.2) is 16.2 Å². The van der Waals surface area contributed by atoms with E-state index < -0.39 is 4.92 Å². The second-order valence-corrected chi connectivity index (χ2v) is 6.34. The Morgan fingerprint density at radius 3 is 2.39 bits per heavy atom. The Kier molecular flexibility index (Phi) is 5.69. The smallest absolute Gasteiger partial charge is 0.271 e. The van der Waals surface area contributed by atoms with E-state index in [-0.39, 0.29) is 31.5 Å². The summed E-state index contributed by atoms with van der Waals surface area (Å²) in [6, 6.07) is 5.33. The zero-order valence-corrected chi connectivity index (χ0v) is 14.9. The summed E-state index contributed by atoms with van der Waals surface area (Å²) in [6.45, 7) is 0. The molecule has 10 heteroatoms. The van der Waals surface area contributed by atoms with E-state index in [0.29, 0.717) is 10.7 Å². The summed E-state index contributed by atoms with van der Waals surface area (Å²) in [7, 11) is 0. The number of anilines is 1. The third-order valence-corrected chi connectivity index (χ3v) is 4.09. The van der Waals surface area contributed by atoms with Gasteiger partial charge in [-0.1, -0.05) is 34.8 Å². The zero-order chi connectivity index (χ0) is 17.1. The molecule has 0 bridgehead atoms. The fraction of sp³-hybridized carbons (Fsp3) is 0. The average Bonchev–Trinajstić information content (AvgIpc) is 2.45. The number of nitro benzene ring substituents is 1. The minimum Gasteiger partial charge on any atom is -0.506 e. The van der Waals surface area contributed by atoms with Crippen LogP contribution in [0.25, 0.3) is 0 Å². The Balaban J connectivity index is 2.30. The molecule has 0 aliphatic heterocycles. The molecule has 23 heavy (non-hydrogen) atoms. The van der Waals surface area contributed by atoms with Crippen LogP contribution in [0.2, 0.25) is 15.1 Å². The lowest BCUT2D eigenvalue weighted by Crippen LogP contribution is -1.95. The van der Waals surface area contributed by atoms with Crippen LogP contribution in [0.3, 0.4) is 0 Å². The third kappa shape index (κ3) is 4.26. The molecule has 0 amide bonds. The molecule has 0 atom stereocenters. The van der Waals surface area contributed by atoms with Crippen LogP contribution >= 0.6 is 50.7 Å². The number of nitrogens with one attached hydrogen (secondary N) is 1. The molecule has 0 radical (unpaired) electrons. The molecule has 2 aromatic carbocycles. The molecule has 0 fully saturated rings. The Labute approximate surface area is 153 Å². The highest BCUT2D eigenvalue weighted by molar-refractivity contribution is 9.10. The van der Waals surface area contributed by atoms with Gasteiger partial charge in [0.05, 0.1) is 31.3 Å². The van der Waals surface area contributed by atoms with Crippen molar-refractivity contribution in [1.82, 2.24) is 0 Å². The van der Waals surface area contributed by atoms with Crippen molar-refractivity contribution < 1.29 is 10.0 Å². The van der Waals surface area contributed by atoms with Crippen molar-refractivity contribution in [2.24, 2.45) is 5.10 Å². The van der Waals surface area contributed by atoms with Gasteiger partial charge in [-0.25, -0.2) is 0 Å². The minimum absolute atomic E-state index is 0.139. The summed E-state index contributed by atoms with van der Waals surface area (Å²) in [5.41, 5.74) is 2.86. The number of rotatable bonds is 4. The summed E-state index contributed by atoms with van der Waals surface area (Å²) >= 11 is 20.8. The number of phenolic OH excluding ortho intramolecular Hbond substituents is 1. The van der Waals surface area contributed by atoms with Gasteiger partial charge in [-0.05, 0) is 28.1 Å². The molecule has 120 valence electrons. The predicted octanol–water partition coefficient (Wildman–Crippen LogP) is 5.47. The number of nitrogens with zero attached hydrogens (tertiary/aromatic N) is 2. The number of non-ortho nitro benzene ring substituents is 1. The number of nitro groups is 1. The van der Waals surface area contributed by atoms with Crippen LogP contribution in [0.1, 0.15) is 5.56 Å². The Hall–Kier alpha value is -1.54. The van der Waals surface area contributed by atoms with Gasteiger partial charge in [0.15, 0.2) is 0 Å². The van der Waals surface area contributed by atoms with Gasteiger partial charge in [0.2, 0.25) is 0 Å². The molecule has 2 aromatic rings. The van der Waals surface area contributed by atoms with E-state index in [9.17, 15) is 15.2 Å². The lowest BCUT2D eigenvalue weighted by atomic mass is 10.2. The Morgan fingerprint density at radius 2 is 1.83 bits per heavy atom. The van der Waals surface area contributed by atoms with E-state index in [1.807, 2.05) is 0 Å². The third-order valence-electron chi connectivity index (χ3n) is 2.68. The Bertz CT molecular complexity index is 792. The van der Waals surface area contributed by atoms with Crippen LogP contribution < -0.4 is 5.43 Å². The molecule has 2 N–H and O–H groups in total. The van der Waals surface area contributed by atoms with Gasteiger partial charge in [-0.2, -0.15) is 5.10 Å². The van der Waals surface area contributed by atoms with Crippen molar-refractivity contribution in [2.75, 3.05) is 5.43 Å². The van der Waals surface area contributed by atoms with Crippen molar-refractivity contribution in [3.63, 3.8) is 0 Å². The standard InChI is InChI=1S/C13H7BrCl3N3O3/c14-9-4-8(20(22)23)1-6(13(9)21)5-18-19-12-10(16)2-7(15)3-11(12)17/h1-5,19,21H. The van der Waals surface area contributed by atoms with E-state index in [1.165, 1.54) is 30.5 Å². The molecule has 0 aliphatic rings. The van der Waals surface area contributed by atoms with Crippen LogP contribution in [0.4, 0.5) is 11.4 Å². The van der Waals surface area contributed by atoms with E-state index >= 15 is 0 Å². The van der Waals surface area contributed by atoms with Crippen LogP contribution in [0, 0.1) is 10.1 Å². The maximum absolute atomic E-state index is 10.8. The fourth-order valence-corrected chi connectivity index (χ4v) is 2.99. The van der Waals surface area contributed by atoms with E-state index in [0.717, 1.165) is 0 Å². The lowest BCUT2D eigenvalue weighted by molar-refractivity contribution is -0.385. The van der Waals surface area contributed by atoms with Crippen LogP contribution in [0.5, 0.6) is 5.75 Å². The maximum Gasteiger partial charge on any atom is 0.271 e. The predicted molar refractivity (Wildman–Crippen MR) is 95.1 cm³/mol. The molecule has 2 rings (SSSR count). The Morgan fingerprint density at radius 1 is 1.22 bits per heavy atom. The van der Waals surface area contributed by atoms with Crippen molar-refractivity contribution >= 4 is 68.3 Å². The summed E-state index contributed by atoms with van der Waals surface area (Å²) in [4.78, 5) is 10.2. The van der Waals surface area contributed by atoms with Gasteiger partial charge in [0.1, 0.15) is 5.75 Å². The van der Waals surface area contributed by atoms with Gasteiger partial charge in [-0.15, -0.1) is 0 Å². The van der Waals surface area contributed by atoms with E-state index in [1.54, 1.807) is 0 Å². The zero-order valence-electron chi connectivity index (χ0n) is 11.1. The number of hydrogen-bond donors (Lipinski definition) is 2. The summed E-state index contributed by atoms with van der Waals surface area (Å²) in [5, 5.41) is 25.5. The number of halogens is 4. The molecule has 0 saturated heterocycles. The second-order valence-electron chi connectivity index (χ2n) is 4.24. The quantitative estimate of drug-likeness (QED) is 0.376. The highest BCUT2D eigenvalue weighted by Crippen LogP contribution is 2.34.